The summed E-state index contributed by atoms with van der Waals surface area (Å²) in [7, 11) is 0. The maximum Gasteiger partial charge on any atom is 0.277 e. The lowest BCUT2D eigenvalue weighted by atomic mass is 10.1. The molecule has 1 unspecified atom stereocenters. The molecule has 0 aromatic heterocycles. The Kier molecular flexibility index (Phi) is 2.70. The number of carbonyl (C=O) groups is 1. The van der Waals surface area contributed by atoms with E-state index in [0.29, 0.717) is 6.54 Å². The molecule has 1 aliphatic heterocycles. The number of amides is 1. The van der Waals surface area contributed by atoms with Crippen molar-refractivity contribution in [2.24, 2.45) is 0 Å². The first-order chi connectivity index (χ1) is 8.40. The van der Waals surface area contributed by atoms with Gasteiger partial charge in [-0.25, -0.2) is 0 Å². The number of nitro groups is 2. The molecule has 0 bridgehead atoms. The molecule has 1 aromatic carbocycles. The fourth-order valence-electron chi connectivity index (χ4n) is 1.62. The minimum atomic E-state index is -0.755. The number of benzene rings is 1. The first kappa shape index (κ1) is 12.0. The highest BCUT2D eigenvalue weighted by Crippen LogP contribution is 2.26. The van der Waals surface area contributed by atoms with E-state index in [1.807, 2.05) is 6.92 Å². The number of hydrogen-bond acceptors (Lipinski definition) is 5. The highest BCUT2D eigenvalue weighted by molar-refractivity contribution is 5.97. The Labute approximate surface area is 101 Å². The standard InChI is InChI=1S/C10H9N3O5/c1-6-5-11(6)10(14)7-2-8(12(15)16)4-9(3-7)13(17)18/h2-4,6H,5H2,1H3. The van der Waals surface area contributed by atoms with Crippen molar-refractivity contribution < 1.29 is 14.6 Å². The minimum Gasteiger partial charge on any atom is -0.332 e. The average Bonchev–Trinajstić information content (AvgIpc) is 3.04. The van der Waals surface area contributed by atoms with Crippen LogP contribution in [0.3, 0.4) is 0 Å². The monoisotopic (exact) mass is 251 g/mol. The Morgan fingerprint density at radius 1 is 1.22 bits per heavy atom. The van der Waals surface area contributed by atoms with Crippen LogP contribution >= 0.6 is 0 Å². The molecular formula is C10H9N3O5. The van der Waals surface area contributed by atoms with Crippen LogP contribution in [-0.4, -0.2) is 33.2 Å². The summed E-state index contributed by atoms with van der Waals surface area (Å²) in [6.07, 6.45) is 0. The molecule has 1 aliphatic rings. The van der Waals surface area contributed by atoms with Crippen LogP contribution in [0.5, 0.6) is 0 Å². The molecule has 0 N–H and O–H groups in total. The molecule has 0 spiro atoms. The third kappa shape index (κ3) is 2.12. The second-order valence-electron chi connectivity index (χ2n) is 4.06. The molecule has 18 heavy (non-hydrogen) atoms. The third-order valence-electron chi connectivity index (χ3n) is 2.69. The van der Waals surface area contributed by atoms with Crippen LogP contribution in [0.2, 0.25) is 0 Å². The number of nitro benzene ring substituents is 2. The van der Waals surface area contributed by atoms with Gasteiger partial charge in [0.2, 0.25) is 0 Å². The molecule has 1 aromatic rings. The Bertz CT molecular complexity index is 524. The number of carbonyl (C=O) groups excluding carboxylic acids is 1. The number of nitrogens with zero attached hydrogens (tertiary/aromatic N) is 3. The zero-order valence-electron chi connectivity index (χ0n) is 9.40. The van der Waals surface area contributed by atoms with E-state index in [1.165, 1.54) is 4.90 Å². The molecule has 8 nitrogen and oxygen atoms in total. The molecule has 1 saturated heterocycles. The summed E-state index contributed by atoms with van der Waals surface area (Å²) in [6, 6.07) is 3.03. The van der Waals surface area contributed by atoms with Crippen molar-refractivity contribution in [2.45, 2.75) is 13.0 Å². The van der Waals surface area contributed by atoms with Gasteiger partial charge in [-0.05, 0) is 6.92 Å². The van der Waals surface area contributed by atoms with Gasteiger partial charge >= 0.3 is 0 Å². The van der Waals surface area contributed by atoms with Gasteiger partial charge in [0.1, 0.15) is 0 Å². The molecule has 94 valence electrons. The van der Waals surface area contributed by atoms with Crippen molar-refractivity contribution in [3.8, 4) is 0 Å². The quantitative estimate of drug-likeness (QED) is 0.457. The van der Waals surface area contributed by atoms with E-state index in [-0.39, 0.29) is 11.6 Å². The lowest BCUT2D eigenvalue weighted by Gasteiger charge is -2.02. The van der Waals surface area contributed by atoms with E-state index in [2.05, 4.69) is 0 Å². The van der Waals surface area contributed by atoms with Crippen molar-refractivity contribution >= 4 is 17.3 Å². The van der Waals surface area contributed by atoms with Crippen LogP contribution in [0.15, 0.2) is 18.2 Å². The summed E-state index contributed by atoms with van der Waals surface area (Å²) in [6.45, 7) is 2.39. The first-order valence-electron chi connectivity index (χ1n) is 5.15. The Morgan fingerprint density at radius 3 is 2.00 bits per heavy atom. The van der Waals surface area contributed by atoms with Gasteiger partial charge in [-0.2, -0.15) is 0 Å². The van der Waals surface area contributed by atoms with Crippen molar-refractivity contribution in [1.82, 2.24) is 4.90 Å². The lowest BCUT2D eigenvalue weighted by molar-refractivity contribution is -0.394. The van der Waals surface area contributed by atoms with Crippen molar-refractivity contribution in [2.75, 3.05) is 6.54 Å². The van der Waals surface area contributed by atoms with E-state index >= 15 is 0 Å². The molecule has 1 amide bonds. The largest absolute Gasteiger partial charge is 0.332 e. The maximum atomic E-state index is 11.8. The van der Waals surface area contributed by atoms with Gasteiger partial charge in [0.05, 0.1) is 21.5 Å². The van der Waals surface area contributed by atoms with E-state index in [9.17, 15) is 25.0 Å². The molecule has 1 heterocycles. The number of non-ortho nitro benzene ring substituents is 2. The van der Waals surface area contributed by atoms with Crippen LogP contribution in [0, 0.1) is 20.2 Å². The second-order valence-corrected chi connectivity index (χ2v) is 4.06. The molecule has 1 atom stereocenters. The first-order valence-corrected chi connectivity index (χ1v) is 5.15. The maximum absolute atomic E-state index is 11.8. The molecule has 2 rings (SSSR count). The summed E-state index contributed by atoms with van der Waals surface area (Å²) < 4.78 is 0. The molecular weight excluding hydrogens is 242 g/mol. The smallest absolute Gasteiger partial charge is 0.277 e. The third-order valence-corrected chi connectivity index (χ3v) is 2.69. The summed E-state index contributed by atoms with van der Waals surface area (Å²) >= 11 is 0. The Hall–Kier alpha value is -2.51. The molecule has 0 saturated carbocycles. The van der Waals surface area contributed by atoms with Gasteiger partial charge < -0.3 is 4.90 Å². The van der Waals surface area contributed by atoms with Crippen LogP contribution in [0.4, 0.5) is 11.4 Å². The SMILES string of the molecule is CC1CN1C(=O)c1cc([N+](=O)[O-])cc([N+](=O)[O-])c1. The molecule has 8 heteroatoms. The van der Waals surface area contributed by atoms with Crippen LogP contribution in [-0.2, 0) is 0 Å². The van der Waals surface area contributed by atoms with Gasteiger partial charge in [0, 0.05) is 24.7 Å². The summed E-state index contributed by atoms with van der Waals surface area (Å²) in [5.41, 5.74) is -0.940. The van der Waals surface area contributed by atoms with Crippen molar-refractivity contribution in [3.63, 3.8) is 0 Å². The van der Waals surface area contributed by atoms with Gasteiger partial charge in [-0.3, -0.25) is 25.0 Å². The van der Waals surface area contributed by atoms with E-state index < -0.39 is 27.1 Å². The molecule has 1 fully saturated rings. The summed E-state index contributed by atoms with van der Waals surface area (Å²) in [5.74, 6) is -0.422. The van der Waals surface area contributed by atoms with Crippen LogP contribution in [0.25, 0.3) is 0 Å². The fourth-order valence-corrected chi connectivity index (χ4v) is 1.62. The number of hydrogen-bond donors (Lipinski definition) is 0. The normalized spacial score (nSPS) is 17.4. The van der Waals surface area contributed by atoms with Gasteiger partial charge in [-0.15, -0.1) is 0 Å². The summed E-state index contributed by atoms with van der Waals surface area (Å²) in [5, 5.41) is 21.3. The van der Waals surface area contributed by atoms with Gasteiger partial charge in [0.15, 0.2) is 0 Å². The molecule has 0 aliphatic carbocycles. The Morgan fingerprint density at radius 2 is 1.67 bits per heavy atom. The highest BCUT2D eigenvalue weighted by Gasteiger charge is 2.35. The van der Waals surface area contributed by atoms with Gasteiger partial charge in [-0.1, -0.05) is 0 Å². The fraction of sp³-hybridized carbons (Fsp3) is 0.300. The predicted molar refractivity (Wildman–Crippen MR) is 60.2 cm³/mol. The zero-order valence-corrected chi connectivity index (χ0v) is 9.40. The van der Waals surface area contributed by atoms with Crippen LogP contribution in [0.1, 0.15) is 17.3 Å². The van der Waals surface area contributed by atoms with E-state index in [1.54, 1.807) is 0 Å². The zero-order chi connectivity index (χ0) is 13.4. The van der Waals surface area contributed by atoms with Crippen molar-refractivity contribution in [1.29, 1.82) is 0 Å². The summed E-state index contributed by atoms with van der Waals surface area (Å²) in [4.78, 5) is 33.1. The predicted octanol–water partition coefficient (Wildman–Crippen LogP) is 1.35. The minimum absolute atomic E-state index is 0.0275. The second kappa shape index (κ2) is 4.06. The van der Waals surface area contributed by atoms with Crippen LogP contribution < -0.4 is 0 Å². The topological polar surface area (TPSA) is 106 Å². The Balaban J connectivity index is 2.43. The van der Waals surface area contributed by atoms with Gasteiger partial charge in [0.25, 0.3) is 17.3 Å². The average molecular weight is 251 g/mol. The van der Waals surface area contributed by atoms with Crippen molar-refractivity contribution in [3.05, 3.63) is 44.0 Å². The molecule has 0 radical (unpaired) electrons. The van der Waals surface area contributed by atoms with E-state index in [0.717, 1.165) is 18.2 Å². The number of rotatable bonds is 3. The highest BCUT2D eigenvalue weighted by atomic mass is 16.6. The van der Waals surface area contributed by atoms with E-state index in [4.69, 9.17) is 0 Å². The lowest BCUT2D eigenvalue weighted by Crippen LogP contribution is -2.13.